The van der Waals surface area contributed by atoms with Crippen LogP contribution in [0, 0.1) is 6.92 Å². The van der Waals surface area contributed by atoms with Crippen LogP contribution in [0.1, 0.15) is 11.1 Å². The minimum atomic E-state index is -3.29. The third-order valence-electron chi connectivity index (χ3n) is 3.56. The summed E-state index contributed by atoms with van der Waals surface area (Å²) in [5, 5.41) is 0. The summed E-state index contributed by atoms with van der Waals surface area (Å²) in [6.07, 6.45) is 1.53. The SMILES string of the molecule is Cc1cccc(CS(=O)(=O)N2CC(Oc3ccccn3)C2)c1. The van der Waals surface area contributed by atoms with Crippen molar-refractivity contribution in [1.29, 1.82) is 0 Å². The fourth-order valence-corrected chi connectivity index (χ4v) is 3.96. The van der Waals surface area contributed by atoms with Crippen molar-refractivity contribution in [3.05, 3.63) is 59.8 Å². The van der Waals surface area contributed by atoms with Crippen molar-refractivity contribution in [2.75, 3.05) is 13.1 Å². The van der Waals surface area contributed by atoms with Gasteiger partial charge in [-0.1, -0.05) is 35.9 Å². The van der Waals surface area contributed by atoms with Crippen LogP contribution >= 0.6 is 0 Å². The number of aromatic nitrogens is 1. The Balaban J connectivity index is 1.57. The van der Waals surface area contributed by atoms with Crippen molar-refractivity contribution >= 4 is 10.0 Å². The van der Waals surface area contributed by atoms with Crippen LogP contribution in [0.25, 0.3) is 0 Å². The number of nitrogens with zero attached hydrogens (tertiary/aromatic N) is 2. The number of hydrogen-bond acceptors (Lipinski definition) is 4. The molecule has 0 aliphatic carbocycles. The van der Waals surface area contributed by atoms with Gasteiger partial charge in [-0.2, -0.15) is 4.31 Å². The lowest BCUT2D eigenvalue weighted by atomic mass is 10.2. The van der Waals surface area contributed by atoms with Crippen LogP contribution in [0.2, 0.25) is 0 Å². The third-order valence-corrected chi connectivity index (χ3v) is 5.35. The number of benzene rings is 1. The summed E-state index contributed by atoms with van der Waals surface area (Å²) in [6.45, 7) is 2.71. The maximum atomic E-state index is 12.3. The Hall–Kier alpha value is -1.92. The summed E-state index contributed by atoms with van der Waals surface area (Å²) in [5.74, 6) is 0.563. The molecular formula is C16H18N2O3S. The second-order valence-corrected chi connectivity index (χ2v) is 7.44. The minimum absolute atomic E-state index is 0.0327. The molecule has 22 heavy (non-hydrogen) atoms. The van der Waals surface area contributed by atoms with Crippen molar-refractivity contribution < 1.29 is 13.2 Å². The zero-order valence-electron chi connectivity index (χ0n) is 12.3. The second kappa shape index (κ2) is 6.06. The monoisotopic (exact) mass is 318 g/mol. The summed E-state index contributed by atoms with van der Waals surface area (Å²) in [6, 6.07) is 13.0. The molecular weight excluding hydrogens is 300 g/mol. The molecule has 0 atom stereocenters. The van der Waals surface area contributed by atoms with Crippen molar-refractivity contribution in [3.63, 3.8) is 0 Å². The van der Waals surface area contributed by atoms with Crippen molar-refractivity contribution in [2.24, 2.45) is 0 Å². The van der Waals surface area contributed by atoms with Crippen LogP contribution in [0.5, 0.6) is 5.88 Å². The molecule has 2 heterocycles. The quantitative estimate of drug-likeness (QED) is 0.846. The number of hydrogen-bond donors (Lipinski definition) is 0. The van der Waals surface area contributed by atoms with E-state index in [0.29, 0.717) is 19.0 Å². The van der Waals surface area contributed by atoms with Crippen molar-refractivity contribution in [3.8, 4) is 5.88 Å². The van der Waals surface area contributed by atoms with E-state index in [9.17, 15) is 8.42 Å². The largest absolute Gasteiger partial charge is 0.472 e. The van der Waals surface area contributed by atoms with Gasteiger partial charge in [0.05, 0.1) is 18.8 Å². The standard InChI is InChI=1S/C16H18N2O3S/c1-13-5-4-6-14(9-13)12-22(19,20)18-10-15(11-18)21-16-7-2-3-8-17-16/h2-9,15H,10-12H2,1H3. The molecule has 1 aliphatic heterocycles. The molecule has 2 aromatic rings. The molecule has 0 unspecified atom stereocenters. The van der Waals surface area contributed by atoms with E-state index in [0.717, 1.165) is 11.1 Å². The van der Waals surface area contributed by atoms with Crippen LogP contribution in [0.3, 0.4) is 0 Å². The first-order valence-corrected chi connectivity index (χ1v) is 8.75. The van der Waals surface area contributed by atoms with Gasteiger partial charge in [0.2, 0.25) is 15.9 Å². The molecule has 3 rings (SSSR count). The van der Waals surface area contributed by atoms with Gasteiger partial charge in [0.15, 0.2) is 0 Å². The average molecular weight is 318 g/mol. The highest BCUT2D eigenvalue weighted by atomic mass is 32.2. The van der Waals surface area contributed by atoms with Gasteiger partial charge in [-0.25, -0.2) is 13.4 Å². The molecule has 0 amide bonds. The Labute approximate surface area is 130 Å². The van der Waals surface area contributed by atoms with Crippen molar-refractivity contribution in [1.82, 2.24) is 9.29 Å². The molecule has 0 N–H and O–H groups in total. The van der Waals surface area contributed by atoms with Gasteiger partial charge in [-0.15, -0.1) is 0 Å². The highest BCUT2D eigenvalue weighted by molar-refractivity contribution is 7.88. The molecule has 1 aromatic carbocycles. The first-order chi connectivity index (χ1) is 10.5. The average Bonchev–Trinajstić information content (AvgIpc) is 2.43. The number of rotatable bonds is 5. The van der Waals surface area contributed by atoms with Gasteiger partial charge in [-0.05, 0) is 18.6 Å². The molecule has 0 saturated carbocycles. The van der Waals surface area contributed by atoms with E-state index in [1.165, 1.54) is 4.31 Å². The minimum Gasteiger partial charge on any atom is -0.472 e. The zero-order chi connectivity index (χ0) is 15.6. The second-order valence-electron chi connectivity index (χ2n) is 5.47. The van der Waals surface area contributed by atoms with Gasteiger partial charge in [0.25, 0.3) is 0 Å². The van der Waals surface area contributed by atoms with Gasteiger partial charge in [0, 0.05) is 12.3 Å². The number of aryl methyl sites for hydroxylation is 1. The van der Waals surface area contributed by atoms with Crippen LogP contribution in [-0.2, 0) is 15.8 Å². The van der Waals surface area contributed by atoms with Crippen LogP contribution in [0.15, 0.2) is 48.7 Å². The van der Waals surface area contributed by atoms with Gasteiger partial charge >= 0.3 is 0 Å². The fraction of sp³-hybridized carbons (Fsp3) is 0.312. The summed E-state index contributed by atoms with van der Waals surface area (Å²) >= 11 is 0. The number of sulfonamides is 1. The van der Waals surface area contributed by atoms with E-state index in [1.54, 1.807) is 12.3 Å². The van der Waals surface area contributed by atoms with Gasteiger partial charge in [-0.3, -0.25) is 0 Å². The summed E-state index contributed by atoms with van der Waals surface area (Å²) in [7, 11) is -3.29. The third kappa shape index (κ3) is 3.45. The fourth-order valence-electron chi connectivity index (χ4n) is 2.39. The first-order valence-electron chi connectivity index (χ1n) is 7.14. The van der Waals surface area contributed by atoms with E-state index in [-0.39, 0.29) is 11.9 Å². The Morgan fingerprint density at radius 2 is 2.05 bits per heavy atom. The summed E-state index contributed by atoms with van der Waals surface area (Å²) in [4.78, 5) is 4.08. The zero-order valence-corrected chi connectivity index (χ0v) is 13.2. The highest BCUT2D eigenvalue weighted by Crippen LogP contribution is 2.21. The molecule has 1 aromatic heterocycles. The van der Waals surface area contributed by atoms with E-state index in [1.807, 2.05) is 43.3 Å². The van der Waals surface area contributed by atoms with Crippen LogP contribution < -0.4 is 4.74 Å². The molecule has 6 heteroatoms. The van der Waals surface area contributed by atoms with Gasteiger partial charge in [0.1, 0.15) is 6.10 Å². The maximum Gasteiger partial charge on any atom is 0.218 e. The number of ether oxygens (including phenoxy) is 1. The molecule has 5 nitrogen and oxygen atoms in total. The van der Waals surface area contributed by atoms with E-state index in [2.05, 4.69) is 4.98 Å². The summed E-state index contributed by atoms with van der Waals surface area (Å²) in [5.41, 5.74) is 1.88. The molecule has 116 valence electrons. The predicted octanol–water partition coefficient (Wildman–Crippen LogP) is 1.98. The molecule has 0 spiro atoms. The van der Waals surface area contributed by atoms with E-state index in [4.69, 9.17) is 4.74 Å². The lowest BCUT2D eigenvalue weighted by molar-refractivity contribution is 0.0720. The first kappa shape index (κ1) is 15.0. The molecule has 0 radical (unpaired) electrons. The Morgan fingerprint density at radius 1 is 1.23 bits per heavy atom. The van der Waals surface area contributed by atoms with Crippen LogP contribution in [0.4, 0.5) is 0 Å². The molecule has 0 bridgehead atoms. The molecule has 1 saturated heterocycles. The number of pyridine rings is 1. The lowest BCUT2D eigenvalue weighted by Gasteiger charge is -2.37. The smallest absolute Gasteiger partial charge is 0.218 e. The highest BCUT2D eigenvalue weighted by Gasteiger charge is 2.37. The molecule has 1 aliphatic rings. The topological polar surface area (TPSA) is 59.5 Å². The maximum absolute atomic E-state index is 12.3. The summed E-state index contributed by atoms with van der Waals surface area (Å²) < 4.78 is 31.8. The van der Waals surface area contributed by atoms with Crippen molar-refractivity contribution in [2.45, 2.75) is 18.8 Å². The Kier molecular flexibility index (Phi) is 4.13. The van der Waals surface area contributed by atoms with E-state index >= 15 is 0 Å². The van der Waals surface area contributed by atoms with E-state index < -0.39 is 10.0 Å². The van der Waals surface area contributed by atoms with Crippen LogP contribution in [-0.4, -0.2) is 36.9 Å². The molecule has 1 fully saturated rings. The normalized spacial score (nSPS) is 16.2. The Morgan fingerprint density at radius 3 is 2.73 bits per heavy atom. The predicted molar refractivity (Wildman–Crippen MR) is 84.0 cm³/mol. The Bertz CT molecular complexity index is 741. The lowest BCUT2D eigenvalue weighted by Crippen LogP contribution is -2.56. The van der Waals surface area contributed by atoms with Gasteiger partial charge < -0.3 is 4.74 Å².